The zero-order valence-electron chi connectivity index (χ0n) is 21.3. The molecule has 0 aromatic heterocycles. The fraction of sp³-hybridized carbons (Fsp3) is 0.312. The van der Waals surface area contributed by atoms with E-state index in [0.717, 1.165) is 31.4 Å². The van der Waals surface area contributed by atoms with E-state index in [4.69, 9.17) is 9.16 Å². The Kier molecular flexibility index (Phi) is 8.43. The van der Waals surface area contributed by atoms with Crippen LogP contribution in [0.15, 0.2) is 109 Å². The summed E-state index contributed by atoms with van der Waals surface area (Å²) in [7, 11) is -2.47. The van der Waals surface area contributed by atoms with Gasteiger partial charge in [0.25, 0.3) is 8.32 Å². The van der Waals surface area contributed by atoms with E-state index in [0.29, 0.717) is 6.61 Å². The van der Waals surface area contributed by atoms with E-state index in [1.807, 2.05) is 6.07 Å². The monoisotopic (exact) mass is 482 g/mol. The van der Waals surface area contributed by atoms with Crippen LogP contribution in [0.1, 0.15) is 52.0 Å². The van der Waals surface area contributed by atoms with Gasteiger partial charge in [0, 0.05) is 13.0 Å². The second kappa shape index (κ2) is 11.7. The molecule has 1 fully saturated rings. The number of allylic oxidation sites excluding steroid dienone is 1. The molecule has 3 aromatic rings. The summed E-state index contributed by atoms with van der Waals surface area (Å²) in [5.74, 6) is 1.08. The summed E-state index contributed by atoms with van der Waals surface area (Å²) in [6, 6.07) is 32.1. The lowest BCUT2D eigenvalue weighted by atomic mass is 10.0. The molecule has 0 spiro atoms. The van der Waals surface area contributed by atoms with Crippen molar-refractivity contribution in [3.05, 3.63) is 114 Å². The van der Waals surface area contributed by atoms with Crippen molar-refractivity contribution in [2.45, 2.75) is 57.6 Å². The Morgan fingerprint density at radius 3 is 2.00 bits per heavy atom. The minimum atomic E-state index is -2.47. The van der Waals surface area contributed by atoms with E-state index in [-0.39, 0.29) is 11.1 Å². The van der Waals surface area contributed by atoms with E-state index >= 15 is 0 Å². The van der Waals surface area contributed by atoms with Gasteiger partial charge in [-0.3, -0.25) is 0 Å². The molecular formula is C32H38O2Si. The number of benzene rings is 3. The molecule has 0 bridgehead atoms. The molecule has 35 heavy (non-hydrogen) atoms. The van der Waals surface area contributed by atoms with Crippen LogP contribution < -0.4 is 10.4 Å². The molecule has 2 nitrogen and oxygen atoms in total. The Labute approximate surface area is 212 Å². The Hall–Kier alpha value is -2.88. The summed E-state index contributed by atoms with van der Waals surface area (Å²) >= 11 is 0. The van der Waals surface area contributed by atoms with Crippen LogP contribution in [-0.4, -0.2) is 21.0 Å². The quantitative estimate of drug-likeness (QED) is 0.193. The van der Waals surface area contributed by atoms with Gasteiger partial charge < -0.3 is 9.16 Å². The molecule has 1 unspecified atom stereocenters. The molecular weight excluding hydrogens is 444 g/mol. The molecule has 182 valence electrons. The van der Waals surface area contributed by atoms with Crippen molar-refractivity contribution in [3.8, 4) is 0 Å². The van der Waals surface area contributed by atoms with E-state index in [9.17, 15) is 0 Å². The Morgan fingerprint density at radius 2 is 1.43 bits per heavy atom. The van der Waals surface area contributed by atoms with Gasteiger partial charge in [-0.2, -0.15) is 0 Å². The third kappa shape index (κ3) is 6.22. The van der Waals surface area contributed by atoms with Crippen molar-refractivity contribution in [3.63, 3.8) is 0 Å². The molecule has 0 N–H and O–H groups in total. The SMILES string of the molecule is CC(C)(C)[Si](OCC/C=C\C1CCC/C(=C\c2ccccc2)O1)(c1ccccc1)c1ccccc1. The average molecular weight is 483 g/mol. The van der Waals surface area contributed by atoms with Crippen molar-refractivity contribution in [1.29, 1.82) is 0 Å². The maximum absolute atomic E-state index is 6.99. The lowest BCUT2D eigenvalue weighted by Crippen LogP contribution is -2.66. The van der Waals surface area contributed by atoms with Crippen LogP contribution in [0.2, 0.25) is 5.04 Å². The van der Waals surface area contributed by atoms with Gasteiger partial charge >= 0.3 is 0 Å². The highest BCUT2D eigenvalue weighted by molar-refractivity contribution is 6.99. The zero-order chi connectivity index (χ0) is 24.6. The molecule has 1 aliphatic heterocycles. The van der Waals surface area contributed by atoms with Gasteiger partial charge in [-0.25, -0.2) is 0 Å². The summed E-state index contributed by atoms with van der Waals surface area (Å²) in [5.41, 5.74) is 1.20. The smallest absolute Gasteiger partial charge is 0.261 e. The van der Waals surface area contributed by atoms with Crippen LogP contribution in [0.25, 0.3) is 6.08 Å². The second-order valence-corrected chi connectivity index (χ2v) is 14.6. The number of hydrogen-bond donors (Lipinski definition) is 0. The summed E-state index contributed by atoms with van der Waals surface area (Å²) in [6.07, 6.45) is 10.9. The lowest BCUT2D eigenvalue weighted by molar-refractivity contribution is 0.111. The first-order valence-electron chi connectivity index (χ1n) is 12.8. The molecule has 1 heterocycles. The summed E-state index contributed by atoms with van der Waals surface area (Å²) < 4.78 is 13.3. The number of ether oxygens (including phenoxy) is 1. The van der Waals surface area contributed by atoms with Crippen LogP contribution in [0.4, 0.5) is 0 Å². The molecule has 3 aromatic carbocycles. The Balaban J connectivity index is 1.44. The van der Waals surface area contributed by atoms with Gasteiger partial charge in [-0.05, 0) is 52.4 Å². The maximum Gasteiger partial charge on any atom is 0.261 e. The lowest BCUT2D eigenvalue weighted by Gasteiger charge is -2.43. The molecule has 0 aliphatic carbocycles. The first-order valence-corrected chi connectivity index (χ1v) is 14.7. The van der Waals surface area contributed by atoms with Gasteiger partial charge in [-0.15, -0.1) is 0 Å². The minimum absolute atomic E-state index is 0.00301. The predicted octanol–water partition coefficient (Wildman–Crippen LogP) is 7.12. The standard InChI is InChI=1S/C32H38O2Si/c1-32(2,3)35(30-21-9-5-10-22-30,31-23-11-6-12-24-31)33-25-14-13-18-28-19-15-20-29(34-28)26-27-16-7-4-8-17-27/h4-13,16-18,21-24,26,28H,14-15,19-20,25H2,1-3H3/b18-13-,29-26+. The average Bonchev–Trinajstić information content (AvgIpc) is 2.87. The summed E-state index contributed by atoms with van der Waals surface area (Å²) in [4.78, 5) is 0. The van der Waals surface area contributed by atoms with E-state index in [1.165, 1.54) is 15.9 Å². The maximum atomic E-state index is 6.99. The van der Waals surface area contributed by atoms with Crippen LogP contribution >= 0.6 is 0 Å². The molecule has 3 heteroatoms. The highest BCUT2D eigenvalue weighted by Crippen LogP contribution is 2.36. The fourth-order valence-electron chi connectivity index (χ4n) is 5.06. The van der Waals surface area contributed by atoms with Gasteiger partial charge in [0.1, 0.15) is 6.10 Å². The van der Waals surface area contributed by atoms with E-state index in [1.54, 1.807) is 0 Å². The second-order valence-electron chi connectivity index (χ2n) is 10.3. The van der Waals surface area contributed by atoms with Crippen molar-refractivity contribution in [2.24, 2.45) is 0 Å². The minimum Gasteiger partial charge on any atom is -0.491 e. The first-order chi connectivity index (χ1) is 17.0. The number of hydrogen-bond acceptors (Lipinski definition) is 2. The van der Waals surface area contributed by atoms with E-state index in [2.05, 4.69) is 124 Å². The van der Waals surface area contributed by atoms with Gasteiger partial charge in [0.05, 0.1) is 5.76 Å². The van der Waals surface area contributed by atoms with Gasteiger partial charge in [0.15, 0.2) is 0 Å². The fourth-order valence-corrected chi connectivity index (χ4v) is 9.64. The summed E-state index contributed by atoms with van der Waals surface area (Å²) in [6.45, 7) is 7.67. The molecule has 0 saturated carbocycles. The largest absolute Gasteiger partial charge is 0.491 e. The molecule has 0 radical (unpaired) electrons. The Morgan fingerprint density at radius 1 is 0.857 bits per heavy atom. The number of rotatable bonds is 8. The molecule has 1 aliphatic rings. The van der Waals surface area contributed by atoms with E-state index < -0.39 is 8.32 Å². The van der Waals surface area contributed by atoms with Gasteiger partial charge in [0.2, 0.25) is 0 Å². The Bertz CT molecular complexity index is 1060. The van der Waals surface area contributed by atoms with Crippen LogP contribution in [0.5, 0.6) is 0 Å². The predicted molar refractivity (Wildman–Crippen MR) is 150 cm³/mol. The highest BCUT2D eigenvalue weighted by atomic mass is 28.4. The zero-order valence-corrected chi connectivity index (χ0v) is 22.3. The van der Waals surface area contributed by atoms with Crippen LogP contribution in [0.3, 0.4) is 0 Å². The molecule has 0 amide bonds. The van der Waals surface area contributed by atoms with Gasteiger partial charge in [-0.1, -0.05) is 118 Å². The molecule has 1 saturated heterocycles. The molecule has 1 atom stereocenters. The van der Waals surface area contributed by atoms with Crippen molar-refractivity contribution in [1.82, 2.24) is 0 Å². The van der Waals surface area contributed by atoms with Crippen molar-refractivity contribution < 1.29 is 9.16 Å². The van der Waals surface area contributed by atoms with Crippen molar-refractivity contribution in [2.75, 3.05) is 6.61 Å². The summed E-state index contributed by atoms with van der Waals surface area (Å²) in [5, 5.41) is 2.66. The third-order valence-electron chi connectivity index (χ3n) is 6.71. The van der Waals surface area contributed by atoms with Crippen LogP contribution in [-0.2, 0) is 9.16 Å². The topological polar surface area (TPSA) is 18.5 Å². The van der Waals surface area contributed by atoms with Crippen molar-refractivity contribution >= 4 is 24.8 Å². The first kappa shape index (κ1) is 25.2. The normalized spacial score (nSPS) is 18.0. The van der Waals surface area contributed by atoms with Crippen LogP contribution in [0, 0.1) is 0 Å². The highest BCUT2D eigenvalue weighted by Gasteiger charge is 2.49. The third-order valence-corrected chi connectivity index (χ3v) is 11.8. The molecule has 4 rings (SSSR count).